The molecule has 4 atom stereocenters. The summed E-state index contributed by atoms with van der Waals surface area (Å²) in [6.07, 6.45) is 0.866. The van der Waals surface area contributed by atoms with Crippen molar-refractivity contribution in [2.45, 2.75) is 39.0 Å². The molecule has 0 radical (unpaired) electrons. The van der Waals surface area contributed by atoms with Crippen molar-refractivity contribution in [3.05, 3.63) is 88.5 Å². The van der Waals surface area contributed by atoms with Crippen LogP contribution in [0.15, 0.2) is 76.8 Å². The maximum atomic E-state index is 14.1. The first-order valence-electron chi connectivity index (χ1n) is 12.0. The van der Waals surface area contributed by atoms with Gasteiger partial charge in [-0.1, -0.05) is 30.7 Å². The molecule has 1 aliphatic carbocycles. The number of nitrogens with one attached hydrogen (secondary N) is 1. The Morgan fingerprint density at radius 3 is 2.51 bits per heavy atom. The lowest BCUT2D eigenvalue weighted by Crippen LogP contribution is -2.66. The van der Waals surface area contributed by atoms with Crippen LogP contribution in [0.2, 0.25) is 0 Å². The van der Waals surface area contributed by atoms with E-state index in [1.165, 1.54) is 17.0 Å². The summed E-state index contributed by atoms with van der Waals surface area (Å²) < 4.78 is 39.9. The SMILES string of the molecule is CC1=CC2(C)C3=C(NC(=O)CN3C(=O)N3C(c4cccnc4)=NC(c4ccc(C(F)(F)F)cc4)C32)C1C. The van der Waals surface area contributed by atoms with Crippen molar-refractivity contribution >= 4 is 17.8 Å². The van der Waals surface area contributed by atoms with E-state index >= 15 is 0 Å². The van der Waals surface area contributed by atoms with Gasteiger partial charge in [-0.05, 0) is 43.7 Å². The second-order valence-electron chi connectivity index (χ2n) is 10.1. The molecule has 37 heavy (non-hydrogen) atoms. The van der Waals surface area contributed by atoms with Crippen molar-refractivity contribution in [2.75, 3.05) is 6.54 Å². The third-order valence-electron chi connectivity index (χ3n) is 7.87. The van der Waals surface area contributed by atoms with Crippen LogP contribution >= 0.6 is 0 Å². The molecular weight excluding hydrogens is 483 g/mol. The molecule has 4 aliphatic rings. The lowest BCUT2D eigenvalue weighted by molar-refractivity contribution is -0.137. The molecule has 1 N–H and O–H groups in total. The first kappa shape index (κ1) is 23.4. The number of allylic oxidation sites excluding steroid dienone is 1. The zero-order valence-corrected chi connectivity index (χ0v) is 20.4. The molecule has 1 fully saturated rings. The third-order valence-corrected chi connectivity index (χ3v) is 7.87. The first-order chi connectivity index (χ1) is 17.5. The standard InChI is InChI=1S/C27H24F3N5O2/c1-14-11-26(3)22-20(15(14)2)32-19(36)13-34(22)25(37)35-23(26)21(33-24(35)17-5-4-10-31-12-17)16-6-8-18(9-7-16)27(28,29)30/h4-12,15,21,23H,13H2,1-3H3,(H,32,36). The number of amidine groups is 1. The number of rotatable bonds is 2. The Labute approximate surface area is 211 Å². The van der Waals surface area contributed by atoms with Gasteiger partial charge in [0.1, 0.15) is 12.4 Å². The summed E-state index contributed by atoms with van der Waals surface area (Å²) in [5, 5.41) is 2.99. The van der Waals surface area contributed by atoms with Gasteiger partial charge < -0.3 is 5.32 Å². The van der Waals surface area contributed by atoms with Gasteiger partial charge in [-0.2, -0.15) is 13.2 Å². The number of aliphatic imine (C=N–C) groups is 1. The van der Waals surface area contributed by atoms with Crippen LogP contribution in [0.25, 0.3) is 0 Å². The van der Waals surface area contributed by atoms with Crippen LogP contribution in [0.5, 0.6) is 0 Å². The van der Waals surface area contributed by atoms with Crippen LogP contribution in [0.3, 0.4) is 0 Å². The zero-order chi connectivity index (χ0) is 26.3. The second-order valence-corrected chi connectivity index (χ2v) is 10.1. The summed E-state index contributed by atoms with van der Waals surface area (Å²) in [4.78, 5) is 39.0. The van der Waals surface area contributed by atoms with Crippen LogP contribution in [-0.2, 0) is 11.0 Å². The number of amides is 3. The Hall–Kier alpha value is -3.95. The molecule has 0 saturated carbocycles. The number of hydrogen-bond donors (Lipinski definition) is 1. The average molecular weight is 508 g/mol. The highest BCUT2D eigenvalue weighted by Crippen LogP contribution is 2.56. The maximum absolute atomic E-state index is 14.1. The minimum absolute atomic E-state index is 0.0983. The fourth-order valence-corrected chi connectivity index (χ4v) is 6.10. The highest BCUT2D eigenvalue weighted by molar-refractivity contribution is 6.11. The molecule has 6 rings (SSSR count). The number of fused-ring (bicyclic) bond motifs is 2. The number of alkyl halides is 3. The molecule has 1 aromatic heterocycles. The number of carbonyl (C=O) groups is 2. The smallest absolute Gasteiger partial charge is 0.326 e. The van der Waals surface area contributed by atoms with Gasteiger partial charge in [0.05, 0.1) is 28.8 Å². The lowest BCUT2D eigenvalue weighted by Gasteiger charge is -2.55. The number of hydrogen-bond acceptors (Lipinski definition) is 4. The summed E-state index contributed by atoms with van der Waals surface area (Å²) in [5.41, 5.74) is 2.09. The monoisotopic (exact) mass is 507 g/mol. The van der Waals surface area contributed by atoms with Crippen LogP contribution in [0, 0.1) is 11.3 Å². The van der Waals surface area contributed by atoms with E-state index in [1.54, 1.807) is 29.4 Å². The number of pyridine rings is 1. The van der Waals surface area contributed by atoms with Crippen LogP contribution < -0.4 is 5.32 Å². The Morgan fingerprint density at radius 2 is 1.86 bits per heavy atom. The number of halogens is 3. The van der Waals surface area contributed by atoms with Crippen molar-refractivity contribution in [2.24, 2.45) is 16.3 Å². The van der Waals surface area contributed by atoms with E-state index in [-0.39, 0.29) is 24.4 Å². The van der Waals surface area contributed by atoms with E-state index in [2.05, 4.69) is 16.4 Å². The molecule has 1 saturated heterocycles. The predicted octanol–water partition coefficient (Wildman–Crippen LogP) is 4.65. The summed E-state index contributed by atoms with van der Waals surface area (Å²) in [7, 11) is 0. The second kappa shape index (κ2) is 7.77. The quantitative estimate of drug-likeness (QED) is 0.601. The highest BCUT2D eigenvalue weighted by Gasteiger charge is 2.61. The molecule has 190 valence electrons. The third kappa shape index (κ3) is 3.34. The fourth-order valence-electron chi connectivity index (χ4n) is 6.10. The van der Waals surface area contributed by atoms with Gasteiger partial charge in [-0.25, -0.2) is 4.79 Å². The molecular formula is C27H24F3N5O2. The molecule has 10 heteroatoms. The topological polar surface area (TPSA) is 77.9 Å². The average Bonchev–Trinajstić information content (AvgIpc) is 3.28. The van der Waals surface area contributed by atoms with E-state index in [0.717, 1.165) is 23.4 Å². The minimum atomic E-state index is -4.46. The molecule has 4 unspecified atom stereocenters. The van der Waals surface area contributed by atoms with Gasteiger partial charge in [0, 0.05) is 29.6 Å². The molecule has 2 aromatic rings. The van der Waals surface area contributed by atoms with Crippen LogP contribution in [0.1, 0.15) is 43.5 Å². The number of benzene rings is 1. The van der Waals surface area contributed by atoms with Crippen molar-refractivity contribution in [1.82, 2.24) is 20.1 Å². The van der Waals surface area contributed by atoms with Crippen molar-refractivity contribution in [3.8, 4) is 0 Å². The first-order valence-corrected chi connectivity index (χ1v) is 12.0. The van der Waals surface area contributed by atoms with Crippen LogP contribution in [-0.4, -0.2) is 45.1 Å². The van der Waals surface area contributed by atoms with Gasteiger partial charge >= 0.3 is 12.2 Å². The Balaban J connectivity index is 1.57. The maximum Gasteiger partial charge on any atom is 0.416 e. The molecule has 1 aromatic carbocycles. The van der Waals surface area contributed by atoms with Crippen LogP contribution in [0.4, 0.5) is 18.0 Å². The van der Waals surface area contributed by atoms with E-state index in [4.69, 9.17) is 4.99 Å². The van der Waals surface area contributed by atoms with Crippen molar-refractivity contribution in [1.29, 1.82) is 0 Å². The summed E-state index contributed by atoms with van der Waals surface area (Å²) in [5.74, 6) is 0.0112. The number of urea groups is 1. The lowest BCUT2D eigenvalue weighted by atomic mass is 9.66. The van der Waals surface area contributed by atoms with Gasteiger partial charge in [-0.3, -0.25) is 24.6 Å². The Kier molecular flexibility index (Phi) is 4.93. The predicted molar refractivity (Wildman–Crippen MR) is 129 cm³/mol. The van der Waals surface area contributed by atoms with E-state index < -0.39 is 29.2 Å². The number of aromatic nitrogens is 1. The molecule has 0 spiro atoms. The summed E-state index contributed by atoms with van der Waals surface area (Å²) >= 11 is 0. The van der Waals surface area contributed by atoms with E-state index in [1.807, 2.05) is 20.8 Å². The molecule has 3 aliphatic heterocycles. The number of carbonyl (C=O) groups excluding carboxylic acids is 2. The van der Waals surface area contributed by atoms with Gasteiger partial charge in [0.15, 0.2) is 0 Å². The van der Waals surface area contributed by atoms with Crippen molar-refractivity contribution < 1.29 is 22.8 Å². The molecule has 4 heterocycles. The van der Waals surface area contributed by atoms with Gasteiger partial charge in [0.2, 0.25) is 5.91 Å². The normalized spacial score (nSPS) is 29.0. The Bertz CT molecular complexity index is 1410. The largest absolute Gasteiger partial charge is 0.416 e. The van der Waals surface area contributed by atoms with E-state index in [0.29, 0.717) is 22.7 Å². The highest BCUT2D eigenvalue weighted by atomic mass is 19.4. The van der Waals surface area contributed by atoms with E-state index in [9.17, 15) is 22.8 Å². The van der Waals surface area contributed by atoms with Gasteiger partial charge in [0.25, 0.3) is 0 Å². The molecule has 7 nitrogen and oxygen atoms in total. The fraction of sp³-hybridized carbons (Fsp3) is 0.333. The summed E-state index contributed by atoms with van der Waals surface area (Å²) in [6.45, 7) is 5.84. The van der Waals surface area contributed by atoms with Gasteiger partial charge in [-0.15, -0.1) is 0 Å². The van der Waals surface area contributed by atoms with Crippen molar-refractivity contribution in [3.63, 3.8) is 0 Å². The number of nitrogens with zero attached hydrogens (tertiary/aromatic N) is 4. The Morgan fingerprint density at radius 1 is 1.14 bits per heavy atom. The minimum Gasteiger partial charge on any atom is -0.326 e. The molecule has 3 amide bonds. The molecule has 0 bridgehead atoms. The zero-order valence-electron chi connectivity index (χ0n) is 20.4. The summed E-state index contributed by atoms with van der Waals surface area (Å²) in [6, 6.07) is 6.89.